The Morgan fingerprint density at radius 3 is 2.07 bits per heavy atom. The fourth-order valence-corrected chi connectivity index (χ4v) is 3.68. The molecule has 0 aliphatic rings. The van der Waals surface area contributed by atoms with Crippen molar-refractivity contribution in [2.24, 2.45) is 0 Å². The van der Waals surface area contributed by atoms with Crippen molar-refractivity contribution in [1.29, 1.82) is 0 Å². The van der Waals surface area contributed by atoms with Crippen LogP contribution in [-0.4, -0.2) is 39.5 Å². The van der Waals surface area contributed by atoms with E-state index in [1.165, 1.54) is 31.3 Å². The average molecular weight is 419 g/mol. The lowest BCUT2D eigenvalue weighted by Gasteiger charge is -2.20. The zero-order valence-corrected chi connectivity index (χ0v) is 18.0. The predicted molar refractivity (Wildman–Crippen MR) is 111 cm³/mol. The molecule has 2 aromatic rings. The average Bonchev–Trinajstić information content (AvgIpc) is 2.64. The lowest BCUT2D eigenvalue weighted by Crippen LogP contribution is -2.42. The number of sulfonamides is 1. The first kappa shape index (κ1) is 22.4. The van der Waals surface area contributed by atoms with Crippen LogP contribution < -0.4 is 9.62 Å². The number of anilines is 1. The van der Waals surface area contributed by atoms with Crippen LogP contribution in [0.25, 0.3) is 0 Å². The number of nitrogens with zero attached hydrogens (tertiary/aromatic N) is 1. The molecule has 8 heteroatoms. The highest BCUT2D eigenvalue weighted by molar-refractivity contribution is 7.92. The van der Waals surface area contributed by atoms with Gasteiger partial charge in [0.1, 0.15) is 0 Å². The van der Waals surface area contributed by atoms with Crippen molar-refractivity contribution in [3.05, 3.63) is 59.7 Å². The molecular formula is C21H26N2O5S. The number of ether oxygens (including phenoxy) is 1. The van der Waals surface area contributed by atoms with Crippen molar-refractivity contribution in [2.75, 3.05) is 18.0 Å². The standard InChI is InChI=1S/C21H26N2O5S/c1-15-6-12-18(13-7-15)29(26,27)23(5)17-10-8-16(9-11-17)20(25)28-14-19(24)22-21(2,3)4/h6-13H,14H2,1-5H3,(H,22,24). The van der Waals surface area contributed by atoms with E-state index in [-0.39, 0.29) is 17.1 Å². The third kappa shape index (κ3) is 6.05. The van der Waals surface area contributed by atoms with Gasteiger partial charge in [0.05, 0.1) is 16.1 Å². The monoisotopic (exact) mass is 418 g/mol. The molecule has 0 aromatic heterocycles. The molecule has 0 aliphatic carbocycles. The summed E-state index contributed by atoms with van der Waals surface area (Å²) in [5.41, 5.74) is 1.16. The van der Waals surface area contributed by atoms with Crippen LogP contribution in [0.3, 0.4) is 0 Å². The Labute approximate surface area is 171 Å². The van der Waals surface area contributed by atoms with E-state index in [4.69, 9.17) is 4.74 Å². The van der Waals surface area contributed by atoms with Gasteiger partial charge in [-0.2, -0.15) is 0 Å². The van der Waals surface area contributed by atoms with Crippen molar-refractivity contribution in [2.45, 2.75) is 38.1 Å². The third-order valence-electron chi connectivity index (χ3n) is 3.99. The lowest BCUT2D eigenvalue weighted by molar-refractivity contribution is -0.125. The second kappa shape index (κ2) is 8.65. The first-order valence-electron chi connectivity index (χ1n) is 9.04. The maximum atomic E-state index is 12.7. The van der Waals surface area contributed by atoms with Gasteiger partial charge in [-0.1, -0.05) is 17.7 Å². The minimum absolute atomic E-state index is 0.180. The van der Waals surface area contributed by atoms with Crippen LogP contribution >= 0.6 is 0 Å². The van der Waals surface area contributed by atoms with Gasteiger partial charge in [-0.05, 0) is 64.1 Å². The maximum absolute atomic E-state index is 12.7. The molecule has 1 amide bonds. The number of carbonyl (C=O) groups excluding carboxylic acids is 2. The normalized spacial score (nSPS) is 11.6. The molecule has 1 N–H and O–H groups in total. The van der Waals surface area contributed by atoms with Gasteiger partial charge in [-0.3, -0.25) is 9.10 Å². The van der Waals surface area contributed by atoms with E-state index in [0.717, 1.165) is 9.87 Å². The van der Waals surface area contributed by atoms with E-state index < -0.39 is 27.4 Å². The van der Waals surface area contributed by atoms with Crippen molar-refractivity contribution in [3.8, 4) is 0 Å². The highest BCUT2D eigenvalue weighted by Gasteiger charge is 2.22. The van der Waals surface area contributed by atoms with Crippen molar-refractivity contribution < 1.29 is 22.7 Å². The predicted octanol–water partition coefficient (Wildman–Crippen LogP) is 2.89. The number of aryl methyl sites for hydroxylation is 1. The molecule has 0 spiro atoms. The fraction of sp³-hybridized carbons (Fsp3) is 0.333. The SMILES string of the molecule is Cc1ccc(S(=O)(=O)N(C)c2ccc(C(=O)OCC(=O)NC(C)(C)C)cc2)cc1. The zero-order valence-electron chi connectivity index (χ0n) is 17.2. The summed E-state index contributed by atoms with van der Waals surface area (Å²) in [6, 6.07) is 12.5. The summed E-state index contributed by atoms with van der Waals surface area (Å²) in [6.45, 7) is 6.97. The van der Waals surface area contributed by atoms with Crippen LogP contribution in [0.15, 0.2) is 53.4 Å². The van der Waals surface area contributed by atoms with Crippen molar-refractivity contribution >= 4 is 27.6 Å². The molecule has 2 rings (SSSR count). The third-order valence-corrected chi connectivity index (χ3v) is 5.79. The quantitative estimate of drug-likeness (QED) is 0.728. The van der Waals surface area contributed by atoms with Gasteiger partial charge in [0.2, 0.25) is 0 Å². The Bertz CT molecular complexity index is 975. The summed E-state index contributed by atoms with van der Waals surface area (Å²) in [4.78, 5) is 24.0. The number of amides is 1. The number of esters is 1. The molecule has 0 unspecified atom stereocenters. The van der Waals surface area contributed by atoms with Gasteiger partial charge in [-0.15, -0.1) is 0 Å². The lowest BCUT2D eigenvalue weighted by atomic mass is 10.1. The molecule has 29 heavy (non-hydrogen) atoms. The van der Waals surface area contributed by atoms with E-state index in [0.29, 0.717) is 5.69 Å². The van der Waals surface area contributed by atoms with Gasteiger partial charge in [0.25, 0.3) is 15.9 Å². The number of hydrogen-bond donors (Lipinski definition) is 1. The van der Waals surface area contributed by atoms with E-state index in [1.54, 1.807) is 24.3 Å². The van der Waals surface area contributed by atoms with Gasteiger partial charge in [0, 0.05) is 12.6 Å². The molecular weight excluding hydrogens is 392 g/mol. The topological polar surface area (TPSA) is 92.8 Å². The molecule has 0 bridgehead atoms. The van der Waals surface area contributed by atoms with Crippen LogP contribution in [0, 0.1) is 6.92 Å². The summed E-state index contributed by atoms with van der Waals surface area (Å²) in [5.74, 6) is -1.06. The molecule has 0 heterocycles. The molecule has 0 radical (unpaired) electrons. The molecule has 7 nitrogen and oxygen atoms in total. The molecule has 0 atom stereocenters. The highest BCUT2D eigenvalue weighted by Crippen LogP contribution is 2.23. The van der Waals surface area contributed by atoms with E-state index in [2.05, 4.69) is 5.32 Å². The Morgan fingerprint density at radius 1 is 1.00 bits per heavy atom. The van der Waals surface area contributed by atoms with E-state index in [1.807, 2.05) is 27.7 Å². The van der Waals surface area contributed by atoms with E-state index >= 15 is 0 Å². The van der Waals surface area contributed by atoms with E-state index in [9.17, 15) is 18.0 Å². The van der Waals surface area contributed by atoms with Crippen LogP contribution in [0.4, 0.5) is 5.69 Å². The van der Waals surface area contributed by atoms with Gasteiger partial charge >= 0.3 is 5.97 Å². The first-order valence-corrected chi connectivity index (χ1v) is 10.5. The van der Waals surface area contributed by atoms with Gasteiger partial charge in [0.15, 0.2) is 6.61 Å². The highest BCUT2D eigenvalue weighted by atomic mass is 32.2. The Kier molecular flexibility index (Phi) is 6.69. The minimum atomic E-state index is -3.72. The zero-order chi connectivity index (χ0) is 21.8. The van der Waals surface area contributed by atoms with Crippen molar-refractivity contribution in [1.82, 2.24) is 5.32 Å². The summed E-state index contributed by atoms with van der Waals surface area (Å²) in [7, 11) is -2.27. The molecule has 0 saturated heterocycles. The van der Waals surface area contributed by atoms with Crippen molar-refractivity contribution in [3.63, 3.8) is 0 Å². The number of benzene rings is 2. The Hall–Kier alpha value is -2.87. The number of rotatable bonds is 6. The second-order valence-corrected chi connectivity index (χ2v) is 9.68. The van der Waals surface area contributed by atoms with Gasteiger partial charge in [-0.25, -0.2) is 13.2 Å². The Morgan fingerprint density at radius 2 is 1.55 bits per heavy atom. The largest absolute Gasteiger partial charge is 0.452 e. The van der Waals surface area contributed by atoms with Gasteiger partial charge < -0.3 is 10.1 Å². The van der Waals surface area contributed by atoms with Crippen LogP contribution in [0.2, 0.25) is 0 Å². The summed E-state index contributed by atoms with van der Waals surface area (Å²) in [5, 5.41) is 2.70. The summed E-state index contributed by atoms with van der Waals surface area (Å²) >= 11 is 0. The number of hydrogen-bond acceptors (Lipinski definition) is 5. The maximum Gasteiger partial charge on any atom is 0.338 e. The Balaban J connectivity index is 2.06. The molecule has 156 valence electrons. The molecule has 0 saturated carbocycles. The van der Waals surface area contributed by atoms with Crippen LogP contribution in [0.5, 0.6) is 0 Å². The molecule has 0 fully saturated rings. The molecule has 0 aliphatic heterocycles. The second-order valence-electron chi connectivity index (χ2n) is 7.71. The molecule has 2 aromatic carbocycles. The number of carbonyl (C=O) groups is 2. The minimum Gasteiger partial charge on any atom is -0.452 e. The smallest absolute Gasteiger partial charge is 0.338 e. The number of nitrogens with one attached hydrogen (secondary N) is 1. The summed E-state index contributed by atoms with van der Waals surface area (Å²) < 4.78 is 31.6. The summed E-state index contributed by atoms with van der Waals surface area (Å²) in [6.07, 6.45) is 0. The fourth-order valence-electron chi connectivity index (χ4n) is 2.48. The first-order chi connectivity index (χ1) is 13.4. The van der Waals surface area contributed by atoms with Crippen LogP contribution in [0.1, 0.15) is 36.7 Å². The van der Waals surface area contributed by atoms with Crippen LogP contribution in [-0.2, 0) is 19.6 Å².